The van der Waals surface area contributed by atoms with Crippen LogP contribution in [0.15, 0.2) is 84.9 Å². The molecule has 4 aromatic rings. The first-order valence-electron chi connectivity index (χ1n) is 12.9. The average molecular weight is 500 g/mol. The molecule has 1 aromatic heterocycles. The molecular formula is C31H37N3O3. The molecule has 0 saturated heterocycles. The predicted octanol–water partition coefficient (Wildman–Crippen LogP) is 6.19. The summed E-state index contributed by atoms with van der Waals surface area (Å²) in [7, 11) is 1.64. The number of aliphatic hydroxyl groups excluding tert-OH is 1. The van der Waals surface area contributed by atoms with Crippen LogP contribution in [0.4, 0.5) is 0 Å². The van der Waals surface area contributed by atoms with E-state index in [1.807, 2.05) is 84.4 Å². The summed E-state index contributed by atoms with van der Waals surface area (Å²) in [6.45, 7) is 7.54. The Balaban J connectivity index is 1.68. The Kier molecular flexibility index (Phi) is 8.99. The maximum atomic E-state index is 11.0. The van der Waals surface area contributed by atoms with Crippen molar-refractivity contribution in [3.8, 4) is 23.1 Å². The second-order valence-corrected chi connectivity index (χ2v) is 9.40. The Morgan fingerprint density at radius 1 is 0.919 bits per heavy atom. The molecule has 0 bridgehead atoms. The largest absolute Gasteiger partial charge is 0.493 e. The molecule has 3 aromatic carbocycles. The molecule has 0 saturated carbocycles. The van der Waals surface area contributed by atoms with Crippen LogP contribution >= 0.6 is 0 Å². The zero-order chi connectivity index (χ0) is 26.2. The van der Waals surface area contributed by atoms with Crippen molar-refractivity contribution in [3.63, 3.8) is 0 Å². The lowest BCUT2D eigenvalue weighted by atomic mass is 10.1. The first kappa shape index (κ1) is 26.5. The predicted molar refractivity (Wildman–Crippen MR) is 148 cm³/mol. The van der Waals surface area contributed by atoms with Gasteiger partial charge in [0.05, 0.1) is 30.2 Å². The first-order valence-corrected chi connectivity index (χ1v) is 12.9. The summed E-state index contributed by atoms with van der Waals surface area (Å²) in [5, 5.41) is 15.9. The van der Waals surface area contributed by atoms with Gasteiger partial charge in [-0.25, -0.2) is 4.68 Å². The van der Waals surface area contributed by atoms with Gasteiger partial charge in [0, 0.05) is 19.1 Å². The molecule has 2 atom stereocenters. The maximum Gasteiger partial charge on any atom is 0.227 e. The van der Waals surface area contributed by atoms with Crippen molar-refractivity contribution in [1.82, 2.24) is 14.7 Å². The zero-order valence-electron chi connectivity index (χ0n) is 22.2. The highest BCUT2D eigenvalue weighted by Gasteiger charge is 2.25. The number of hydrogen-bond donors (Lipinski definition) is 1. The van der Waals surface area contributed by atoms with Crippen LogP contribution < -0.4 is 9.47 Å². The standard InChI is InChI=1S/C31H37N3O3/c1-5-23(2)33(21-27(35)20-25-14-8-6-9-15-25)22-28-24(3)32-34(26-16-10-7-11-17-26)31(28)37-30-19-13-12-18-29(30)36-4/h6-19,23,27,35H,5,20-22H2,1-4H3. The van der Waals surface area contributed by atoms with Gasteiger partial charge in [-0.2, -0.15) is 5.10 Å². The lowest BCUT2D eigenvalue weighted by Crippen LogP contribution is -2.39. The Labute approximate surface area is 220 Å². The minimum absolute atomic E-state index is 0.268. The molecule has 0 spiro atoms. The molecule has 0 fully saturated rings. The number of nitrogens with zero attached hydrogens (tertiary/aromatic N) is 3. The average Bonchev–Trinajstić information content (AvgIpc) is 3.23. The van der Waals surface area contributed by atoms with Gasteiger partial charge >= 0.3 is 0 Å². The molecule has 1 N–H and O–H groups in total. The summed E-state index contributed by atoms with van der Waals surface area (Å²) in [5.74, 6) is 1.94. The van der Waals surface area contributed by atoms with E-state index in [4.69, 9.17) is 14.6 Å². The fourth-order valence-electron chi connectivity index (χ4n) is 4.46. The second-order valence-electron chi connectivity index (χ2n) is 9.40. The summed E-state index contributed by atoms with van der Waals surface area (Å²) in [4.78, 5) is 2.32. The van der Waals surface area contributed by atoms with E-state index in [-0.39, 0.29) is 6.04 Å². The van der Waals surface area contributed by atoms with Crippen LogP contribution in [-0.2, 0) is 13.0 Å². The third-order valence-corrected chi connectivity index (χ3v) is 6.75. The Morgan fingerprint density at radius 2 is 1.54 bits per heavy atom. The van der Waals surface area contributed by atoms with Gasteiger partial charge in [-0.05, 0) is 56.5 Å². The molecule has 0 aliphatic carbocycles. The van der Waals surface area contributed by atoms with Crippen molar-refractivity contribution < 1.29 is 14.6 Å². The van der Waals surface area contributed by atoms with Crippen molar-refractivity contribution in [2.75, 3.05) is 13.7 Å². The van der Waals surface area contributed by atoms with Crippen LogP contribution in [-0.4, -0.2) is 45.6 Å². The van der Waals surface area contributed by atoms with Crippen LogP contribution in [0.2, 0.25) is 0 Å². The number of rotatable bonds is 12. The molecule has 194 valence electrons. The summed E-state index contributed by atoms with van der Waals surface area (Å²) >= 11 is 0. The Hall–Kier alpha value is -3.61. The van der Waals surface area contributed by atoms with Crippen molar-refractivity contribution in [2.24, 2.45) is 0 Å². The minimum Gasteiger partial charge on any atom is -0.493 e. The summed E-state index contributed by atoms with van der Waals surface area (Å²) in [5.41, 5.74) is 3.93. The van der Waals surface area contributed by atoms with Gasteiger partial charge in [-0.1, -0.05) is 67.6 Å². The van der Waals surface area contributed by atoms with Crippen LogP contribution in [0.1, 0.15) is 37.1 Å². The fourth-order valence-corrected chi connectivity index (χ4v) is 4.46. The number of ether oxygens (including phenoxy) is 2. The molecule has 0 amide bonds. The lowest BCUT2D eigenvalue weighted by molar-refractivity contribution is 0.0843. The number of aromatic nitrogens is 2. The van der Waals surface area contributed by atoms with Gasteiger partial charge in [0.15, 0.2) is 11.5 Å². The minimum atomic E-state index is -0.487. The lowest BCUT2D eigenvalue weighted by Gasteiger charge is -2.30. The highest BCUT2D eigenvalue weighted by Crippen LogP contribution is 2.36. The van der Waals surface area contributed by atoms with E-state index in [9.17, 15) is 5.11 Å². The molecule has 6 heteroatoms. The molecule has 2 unspecified atom stereocenters. The SMILES string of the molecule is CCC(C)N(Cc1c(C)nn(-c2ccccc2)c1Oc1ccccc1OC)CC(O)Cc1ccccc1. The monoisotopic (exact) mass is 499 g/mol. The van der Waals surface area contributed by atoms with Gasteiger partial charge in [-0.3, -0.25) is 4.90 Å². The molecule has 4 rings (SSSR count). The van der Waals surface area contributed by atoms with Gasteiger partial charge < -0.3 is 14.6 Å². The van der Waals surface area contributed by atoms with Crippen LogP contribution in [0.25, 0.3) is 5.69 Å². The molecule has 1 heterocycles. The number of aryl methyl sites for hydroxylation is 1. The van der Waals surface area contributed by atoms with E-state index in [1.165, 1.54) is 0 Å². The number of hydrogen-bond acceptors (Lipinski definition) is 5. The fraction of sp³-hybridized carbons (Fsp3) is 0.323. The number of methoxy groups -OCH3 is 1. The van der Waals surface area contributed by atoms with Crippen LogP contribution in [0.5, 0.6) is 17.4 Å². The smallest absolute Gasteiger partial charge is 0.227 e. The van der Waals surface area contributed by atoms with E-state index >= 15 is 0 Å². The molecule has 0 aliphatic rings. The number of benzene rings is 3. The molecule has 6 nitrogen and oxygen atoms in total. The van der Waals surface area contributed by atoms with Crippen molar-refractivity contribution in [2.45, 2.75) is 52.3 Å². The van der Waals surface area contributed by atoms with Crippen molar-refractivity contribution in [3.05, 3.63) is 102 Å². The van der Waals surface area contributed by atoms with Crippen molar-refractivity contribution >= 4 is 0 Å². The van der Waals surface area contributed by atoms with Gasteiger partial charge in [0.1, 0.15) is 0 Å². The second kappa shape index (κ2) is 12.6. The van der Waals surface area contributed by atoms with E-state index in [2.05, 4.69) is 30.9 Å². The van der Waals surface area contributed by atoms with E-state index in [1.54, 1.807) is 7.11 Å². The molecule has 0 radical (unpaired) electrons. The van der Waals surface area contributed by atoms with Gasteiger partial charge in [-0.15, -0.1) is 0 Å². The van der Waals surface area contributed by atoms with Crippen molar-refractivity contribution in [1.29, 1.82) is 0 Å². The molecular weight excluding hydrogens is 462 g/mol. The van der Waals surface area contributed by atoms with E-state index in [0.29, 0.717) is 36.9 Å². The number of aliphatic hydroxyl groups is 1. The highest BCUT2D eigenvalue weighted by molar-refractivity contribution is 5.47. The summed E-state index contributed by atoms with van der Waals surface area (Å²) in [6, 6.07) is 28.0. The summed E-state index contributed by atoms with van der Waals surface area (Å²) < 4.78 is 14.0. The summed E-state index contributed by atoms with van der Waals surface area (Å²) in [6.07, 6.45) is 1.09. The third kappa shape index (κ3) is 6.59. The normalized spacial score (nSPS) is 12.9. The third-order valence-electron chi connectivity index (χ3n) is 6.75. The Bertz CT molecular complexity index is 1260. The zero-order valence-corrected chi connectivity index (χ0v) is 22.2. The van der Waals surface area contributed by atoms with Gasteiger partial charge in [0.25, 0.3) is 0 Å². The highest BCUT2D eigenvalue weighted by atomic mass is 16.5. The topological polar surface area (TPSA) is 59.8 Å². The quantitative estimate of drug-likeness (QED) is 0.252. The van der Waals surface area contributed by atoms with E-state index < -0.39 is 6.10 Å². The maximum absolute atomic E-state index is 11.0. The number of para-hydroxylation sites is 3. The van der Waals surface area contributed by atoms with Gasteiger partial charge in [0.2, 0.25) is 5.88 Å². The van der Waals surface area contributed by atoms with Crippen LogP contribution in [0.3, 0.4) is 0 Å². The van der Waals surface area contributed by atoms with E-state index in [0.717, 1.165) is 28.9 Å². The van der Waals surface area contributed by atoms with Crippen LogP contribution in [0, 0.1) is 6.92 Å². The molecule has 0 aliphatic heterocycles. The molecule has 37 heavy (non-hydrogen) atoms. The first-order chi connectivity index (χ1) is 18.0. The Morgan fingerprint density at radius 3 is 2.19 bits per heavy atom.